The molecule has 0 aliphatic rings. The molecule has 5 nitrogen and oxygen atoms in total. The summed E-state index contributed by atoms with van der Waals surface area (Å²) in [6.07, 6.45) is 0.770. The second kappa shape index (κ2) is 10.8. The quantitative estimate of drug-likeness (QED) is 0.335. The molecule has 0 aliphatic heterocycles. The van der Waals surface area contributed by atoms with E-state index in [0.29, 0.717) is 23.4 Å². The van der Waals surface area contributed by atoms with Crippen LogP contribution in [-0.4, -0.2) is 25.1 Å². The normalized spacial score (nSPS) is 12.0. The van der Waals surface area contributed by atoms with Gasteiger partial charge in [0.25, 0.3) is 5.91 Å². The van der Waals surface area contributed by atoms with Gasteiger partial charge in [0.1, 0.15) is 5.75 Å². The number of nitrogens with one attached hydrogen (secondary N) is 1. The van der Waals surface area contributed by atoms with Crippen LogP contribution in [0, 0.1) is 0 Å². The van der Waals surface area contributed by atoms with Gasteiger partial charge >= 0.3 is 5.97 Å². The zero-order chi connectivity index (χ0) is 22.1. The van der Waals surface area contributed by atoms with Crippen LogP contribution in [0.1, 0.15) is 23.6 Å². The van der Waals surface area contributed by atoms with Crippen molar-refractivity contribution >= 4 is 23.5 Å². The van der Waals surface area contributed by atoms with E-state index in [9.17, 15) is 9.59 Å². The highest BCUT2D eigenvalue weighted by atomic mass is 16.5. The van der Waals surface area contributed by atoms with Crippen molar-refractivity contribution in [2.24, 2.45) is 0 Å². The lowest BCUT2D eigenvalue weighted by atomic mass is 10.0. The van der Waals surface area contributed by atoms with Gasteiger partial charge in [-0.15, -0.1) is 0 Å². The molecule has 1 N–H and O–H groups in total. The third kappa shape index (κ3) is 6.06. The summed E-state index contributed by atoms with van der Waals surface area (Å²) in [5.74, 6) is -0.307. The lowest BCUT2D eigenvalue weighted by molar-refractivity contribution is -0.149. The van der Waals surface area contributed by atoms with Gasteiger partial charge in [-0.2, -0.15) is 0 Å². The Morgan fingerprint density at radius 1 is 0.903 bits per heavy atom. The first-order valence-electron chi connectivity index (χ1n) is 10.0. The van der Waals surface area contributed by atoms with E-state index in [1.165, 1.54) is 0 Å². The number of rotatable bonds is 8. The van der Waals surface area contributed by atoms with E-state index in [-0.39, 0.29) is 5.91 Å². The standard InChI is InChI=1S/C26H25NO4/c1-19(25(28)27-18-20-11-5-3-6-12-20)31-26(29)23(21-13-7-4-8-14-21)17-22-15-9-10-16-24(22)30-2/h3-17,19H,18H2,1-2H3,(H,27,28)/b23-17+/t19-/m1/s1. The number of carbonyl (C=O) groups is 2. The van der Waals surface area contributed by atoms with E-state index in [1.54, 1.807) is 20.1 Å². The van der Waals surface area contributed by atoms with Crippen molar-refractivity contribution in [1.82, 2.24) is 5.32 Å². The first-order valence-corrected chi connectivity index (χ1v) is 10.0. The number of para-hydroxylation sites is 1. The third-order valence-electron chi connectivity index (χ3n) is 4.71. The van der Waals surface area contributed by atoms with Crippen LogP contribution in [0.15, 0.2) is 84.9 Å². The lowest BCUT2D eigenvalue weighted by Gasteiger charge is -2.16. The van der Waals surface area contributed by atoms with Crippen molar-refractivity contribution < 1.29 is 19.1 Å². The van der Waals surface area contributed by atoms with E-state index in [0.717, 1.165) is 11.1 Å². The molecule has 3 aromatic rings. The van der Waals surface area contributed by atoms with E-state index in [1.807, 2.05) is 84.9 Å². The van der Waals surface area contributed by atoms with Crippen molar-refractivity contribution in [3.8, 4) is 5.75 Å². The predicted molar refractivity (Wildman–Crippen MR) is 121 cm³/mol. The Kier molecular flexibility index (Phi) is 7.60. The first-order chi connectivity index (χ1) is 15.1. The van der Waals surface area contributed by atoms with E-state index in [4.69, 9.17) is 9.47 Å². The van der Waals surface area contributed by atoms with Crippen molar-refractivity contribution in [3.05, 3.63) is 102 Å². The maximum Gasteiger partial charge on any atom is 0.339 e. The third-order valence-corrected chi connectivity index (χ3v) is 4.71. The minimum atomic E-state index is -0.944. The van der Waals surface area contributed by atoms with Gasteiger partial charge in [-0.25, -0.2) is 4.79 Å². The summed E-state index contributed by atoms with van der Waals surface area (Å²) in [5.41, 5.74) is 2.74. The van der Waals surface area contributed by atoms with Crippen LogP contribution >= 0.6 is 0 Å². The average molecular weight is 415 g/mol. The number of carbonyl (C=O) groups excluding carboxylic acids is 2. The molecule has 158 valence electrons. The van der Waals surface area contributed by atoms with Gasteiger partial charge in [-0.05, 0) is 30.2 Å². The van der Waals surface area contributed by atoms with Crippen molar-refractivity contribution in [2.45, 2.75) is 19.6 Å². The molecule has 31 heavy (non-hydrogen) atoms. The minimum Gasteiger partial charge on any atom is -0.496 e. The van der Waals surface area contributed by atoms with Crippen LogP contribution in [0.5, 0.6) is 5.75 Å². The highest BCUT2D eigenvalue weighted by molar-refractivity contribution is 6.22. The zero-order valence-corrected chi connectivity index (χ0v) is 17.6. The van der Waals surface area contributed by atoms with Crippen LogP contribution in [0.25, 0.3) is 11.6 Å². The maximum atomic E-state index is 13.0. The molecule has 0 radical (unpaired) electrons. The molecule has 0 saturated carbocycles. The van der Waals surface area contributed by atoms with Gasteiger partial charge in [-0.3, -0.25) is 4.79 Å². The summed E-state index contributed by atoms with van der Waals surface area (Å²) >= 11 is 0. The van der Waals surface area contributed by atoms with Crippen molar-refractivity contribution in [1.29, 1.82) is 0 Å². The molecule has 0 fully saturated rings. The molecule has 0 bridgehead atoms. The first kappa shape index (κ1) is 21.8. The Labute approximate surface area is 182 Å². The fourth-order valence-electron chi connectivity index (χ4n) is 3.03. The Balaban J connectivity index is 1.77. The molecule has 0 unspecified atom stereocenters. The van der Waals surface area contributed by atoms with Crippen LogP contribution < -0.4 is 10.1 Å². The fraction of sp³-hybridized carbons (Fsp3) is 0.154. The lowest BCUT2D eigenvalue weighted by Crippen LogP contribution is -2.35. The number of esters is 1. The van der Waals surface area contributed by atoms with Gasteiger partial charge in [0.2, 0.25) is 0 Å². The molecule has 0 spiro atoms. The van der Waals surface area contributed by atoms with Gasteiger partial charge in [0, 0.05) is 12.1 Å². The van der Waals surface area contributed by atoms with Crippen LogP contribution in [-0.2, 0) is 20.9 Å². The Hall–Kier alpha value is -3.86. The molecule has 1 amide bonds. The summed E-state index contributed by atoms with van der Waals surface area (Å²) in [6.45, 7) is 1.92. The summed E-state index contributed by atoms with van der Waals surface area (Å²) in [7, 11) is 1.58. The molecular formula is C26H25NO4. The molecule has 0 aromatic heterocycles. The Morgan fingerprint density at radius 2 is 1.52 bits per heavy atom. The molecule has 5 heteroatoms. The van der Waals surface area contributed by atoms with Gasteiger partial charge < -0.3 is 14.8 Å². The largest absolute Gasteiger partial charge is 0.496 e. The number of amides is 1. The Morgan fingerprint density at radius 3 is 2.19 bits per heavy atom. The number of hydrogen-bond donors (Lipinski definition) is 1. The second-order valence-electron chi connectivity index (χ2n) is 6.92. The highest BCUT2D eigenvalue weighted by Gasteiger charge is 2.21. The predicted octanol–water partition coefficient (Wildman–Crippen LogP) is 4.48. The topological polar surface area (TPSA) is 64.6 Å². The second-order valence-corrected chi connectivity index (χ2v) is 6.92. The maximum absolute atomic E-state index is 13.0. The summed E-state index contributed by atoms with van der Waals surface area (Å²) in [4.78, 5) is 25.5. The van der Waals surface area contributed by atoms with E-state index in [2.05, 4.69) is 5.32 Å². The van der Waals surface area contributed by atoms with E-state index < -0.39 is 12.1 Å². The SMILES string of the molecule is COc1ccccc1/C=C(/C(=O)O[C@H](C)C(=O)NCc1ccccc1)c1ccccc1. The fourth-order valence-corrected chi connectivity index (χ4v) is 3.03. The molecule has 0 aliphatic carbocycles. The number of hydrogen-bond acceptors (Lipinski definition) is 4. The van der Waals surface area contributed by atoms with Gasteiger partial charge in [0.15, 0.2) is 6.10 Å². The van der Waals surface area contributed by atoms with Crippen LogP contribution in [0.2, 0.25) is 0 Å². The zero-order valence-electron chi connectivity index (χ0n) is 17.6. The smallest absolute Gasteiger partial charge is 0.339 e. The average Bonchev–Trinajstić information content (AvgIpc) is 2.82. The molecule has 0 heterocycles. The molecule has 0 saturated heterocycles. The summed E-state index contributed by atoms with van der Waals surface area (Å²) < 4.78 is 10.9. The van der Waals surface area contributed by atoms with Crippen molar-refractivity contribution in [2.75, 3.05) is 7.11 Å². The summed E-state index contributed by atoms with van der Waals surface area (Å²) in [5, 5.41) is 2.80. The van der Waals surface area contributed by atoms with Gasteiger partial charge in [0.05, 0.1) is 12.7 Å². The number of benzene rings is 3. The minimum absolute atomic E-state index is 0.341. The summed E-state index contributed by atoms with van der Waals surface area (Å²) in [6, 6.07) is 26.1. The van der Waals surface area contributed by atoms with Crippen LogP contribution in [0.4, 0.5) is 0 Å². The van der Waals surface area contributed by atoms with Gasteiger partial charge in [-0.1, -0.05) is 78.9 Å². The number of ether oxygens (including phenoxy) is 2. The molecular weight excluding hydrogens is 390 g/mol. The Bertz CT molecular complexity index is 1050. The number of methoxy groups -OCH3 is 1. The highest BCUT2D eigenvalue weighted by Crippen LogP contribution is 2.25. The molecule has 3 aromatic carbocycles. The van der Waals surface area contributed by atoms with Crippen molar-refractivity contribution in [3.63, 3.8) is 0 Å². The monoisotopic (exact) mass is 415 g/mol. The van der Waals surface area contributed by atoms with E-state index >= 15 is 0 Å². The molecule has 3 rings (SSSR count). The molecule has 1 atom stereocenters. The van der Waals surface area contributed by atoms with Crippen LogP contribution in [0.3, 0.4) is 0 Å².